The zero-order valence-corrected chi connectivity index (χ0v) is 6.75. The van der Waals surface area contributed by atoms with Crippen LogP contribution in [0, 0.1) is 5.92 Å². The molecular formula is C8H14O3. The highest BCUT2D eigenvalue weighted by Gasteiger charge is 2.26. The van der Waals surface area contributed by atoms with Gasteiger partial charge in [0, 0.05) is 0 Å². The van der Waals surface area contributed by atoms with Crippen molar-refractivity contribution in [3.05, 3.63) is 0 Å². The van der Waals surface area contributed by atoms with E-state index in [-0.39, 0.29) is 18.0 Å². The van der Waals surface area contributed by atoms with Gasteiger partial charge in [-0.3, -0.25) is 4.79 Å². The molecule has 0 spiro atoms. The van der Waals surface area contributed by atoms with Crippen LogP contribution in [-0.2, 0) is 9.53 Å². The first kappa shape index (κ1) is 8.53. The van der Waals surface area contributed by atoms with Gasteiger partial charge in [0.2, 0.25) is 0 Å². The fourth-order valence-electron chi connectivity index (χ4n) is 1.54. The number of esters is 1. The number of carbonyl (C=O) groups excluding carboxylic acids is 1. The maximum atomic E-state index is 11.0. The van der Waals surface area contributed by atoms with E-state index < -0.39 is 0 Å². The summed E-state index contributed by atoms with van der Waals surface area (Å²) in [5, 5.41) is 9.22. The molecule has 0 aromatic carbocycles. The standard InChI is InChI=1S/C8H14O3/c1-11-8(10)6-3-2-4-7(9)5-6/h6-7,9H,2-5H2,1H3/t6-,7+/m1/s1. The van der Waals surface area contributed by atoms with E-state index in [9.17, 15) is 9.90 Å². The van der Waals surface area contributed by atoms with Gasteiger partial charge in [0.05, 0.1) is 19.1 Å². The number of ether oxygens (including phenoxy) is 1. The maximum Gasteiger partial charge on any atom is 0.308 e. The van der Waals surface area contributed by atoms with Gasteiger partial charge in [0.25, 0.3) is 0 Å². The first-order valence-electron chi connectivity index (χ1n) is 4.00. The number of aliphatic hydroxyl groups excluding tert-OH is 1. The van der Waals surface area contributed by atoms with Gasteiger partial charge in [-0.1, -0.05) is 6.42 Å². The summed E-state index contributed by atoms with van der Waals surface area (Å²) < 4.78 is 4.59. The second kappa shape index (κ2) is 3.72. The van der Waals surface area contributed by atoms with Crippen molar-refractivity contribution in [1.82, 2.24) is 0 Å². The van der Waals surface area contributed by atoms with E-state index in [1.54, 1.807) is 0 Å². The van der Waals surface area contributed by atoms with E-state index in [2.05, 4.69) is 4.74 Å². The average Bonchev–Trinajstić information content (AvgIpc) is 2.03. The number of methoxy groups -OCH3 is 1. The summed E-state index contributed by atoms with van der Waals surface area (Å²) in [5.41, 5.74) is 0. The zero-order chi connectivity index (χ0) is 8.27. The average molecular weight is 158 g/mol. The van der Waals surface area contributed by atoms with E-state index in [1.165, 1.54) is 7.11 Å². The van der Waals surface area contributed by atoms with Gasteiger partial charge < -0.3 is 9.84 Å². The molecule has 0 aromatic rings. The Bertz CT molecular complexity index is 144. The predicted molar refractivity (Wildman–Crippen MR) is 40.0 cm³/mol. The van der Waals surface area contributed by atoms with Crippen LogP contribution in [0.15, 0.2) is 0 Å². The van der Waals surface area contributed by atoms with Crippen molar-refractivity contribution in [2.75, 3.05) is 7.11 Å². The Balaban J connectivity index is 2.39. The molecule has 1 aliphatic carbocycles. The Morgan fingerprint density at radius 1 is 1.55 bits per heavy atom. The SMILES string of the molecule is COC(=O)[C@@H]1CCC[C@H](O)C1. The molecule has 2 atom stereocenters. The predicted octanol–water partition coefficient (Wildman–Crippen LogP) is 0.710. The van der Waals surface area contributed by atoms with Crippen LogP contribution in [0.5, 0.6) is 0 Å². The molecule has 11 heavy (non-hydrogen) atoms. The van der Waals surface area contributed by atoms with Crippen LogP contribution in [0.4, 0.5) is 0 Å². The number of aliphatic hydroxyl groups is 1. The van der Waals surface area contributed by atoms with Crippen molar-refractivity contribution in [2.45, 2.75) is 31.8 Å². The van der Waals surface area contributed by atoms with Crippen LogP contribution in [0.2, 0.25) is 0 Å². The van der Waals surface area contributed by atoms with Crippen LogP contribution < -0.4 is 0 Å². The fourth-order valence-corrected chi connectivity index (χ4v) is 1.54. The van der Waals surface area contributed by atoms with Crippen LogP contribution in [-0.4, -0.2) is 24.3 Å². The third-order valence-corrected chi connectivity index (χ3v) is 2.18. The van der Waals surface area contributed by atoms with Gasteiger partial charge in [-0.05, 0) is 19.3 Å². The molecule has 0 aliphatic heterocycles. The summed E-state index contributed by atoms with van der Waals surface area (Å²) >= 11 is 0. The van der Waals surface area contributed by atoms with Gasteiger partial charge >= 0.3 is 5.97 Å². The number of carbonyl (C=O) groups is 1. The Morgan fingerprint density at radius 2 is 2.27 bits per heavy atom. The highest BCUT2D eigenvalue weighted by Crippen LogP contribution is 2.24. The molecule has 1 saturated carbocycles. The van der Waals surface area contributed by atoms with Crippen molar-refractivity contribution in [2.24, 2.45) is 5.92 Å². The first-order valence-corrected chi connectivity index (χ1v) is 4.00. The molecule has 0 aromatic heterocycles. The minimum atomic E-state index is -0.298. The topological polar surface area (TPSA) is 46.5 Å². The monoisotopic (exact) mass is 158 g/mol. The van der Waals surface area contributed by atoms with Gasteiger partial charge in [0.1, 0.15) is 0 Å². The lowest BCUT2D eigenvalue weighted by Gasteiger charge is -2.23. The second-order valence-corrected chi connectivity index (χ2v) is 3.04. The molecule has 0 amide bonds. The zero-order valence-electron chi connectivity index (χ0n) is 6.75. The highest BCUT2D eigenvalue weighted by atomic mass is 16.5. The quantitative estimate of drug-likeness (QED) is 0.572. The Kier molecular flexibility index (Phi) is 2.88. The van der Waals surface area contributed by atoms with E-state index >= 15 is 0 Å². The number of rotatable bonds is 1. The van der Waals surface area contributed by atoms with Crippen molar-refractivity contribution in [3.8, 4) is 0 Å². The molecule has 3 nitrogen and oxygen atoms in total. The smallest absolute Gasteiger partial charge is 0.308 e. The first-order chi connectivity index (χ1) is 5.24. The molecule has 0 bridgehead atoms. The van der Waals surface area contributed by atoms with Gasteiger partial charge in [-0.25, -0.2) is 0 Å². The second-order valence-electron chi connectivity index (χ2n) is 3.04. The molecule has 1 aliphatic rings. The van der Waals surface area contributed by atoms with Gasteiger partial charge in [0.15, 0.2) is 0 Å². The van der Waals surface area contributed by atoms with Crippen molar-refractivity contribution in [1.29, 1.82) is 0 Å². The molecule has 0 heterocycles. The highest BCUT2D eigenvalue weighted by molar-refractivity contribution is 5.72. The summed E-state index contributed by atoms with van der Waals surface area (Å²) in [6.45, 7) is 0. The Morgan fingerprint density at radius 3 is 2.82 bits per heavy atom. The van der Waals surface area contributed by atoms with Gasteiger partial charge in [-0.2, -0.15) is 0 Å². The van der Waals surface area contributed by atoms with Crippen molar-refractivity contribution < 1.29 is 14.6 Å². The number of hydrogen-bond acceptors (Lipinski definition) is 3. The maximum absolute atomic E-state index is 11.0. The molecular weight excluding hydrogens is 144 g/mol. The lowest BCUT2D eigenvalue weighted by Crippen LogP contribution is -2.26. The minimum Gasteiger partial charge on any atom is -0.469 e. The van der Waals surface area contributed by atoms with Crippen molar-refractivity contribution in [3.63, 3.8) is 0 Å². The van der Waals surface area contributed by atoms with Crippen LogP contribution >= 0.6 is 0 Å². The largest absolute Gasteiger partial charge is 0.469 e. The number of hydrogen-bond donors (Lipinski definition) is 1. The minimum absolute atomic E-state index is 0.0660. The molecule has 64 valence electrons. The van der Waals surface area contributed by atoms with Crippen LogP contribution in [0.1, 0.15) is 25.7 Å². The molecule has 1 rings (SSSR count). The summed E-state index contributed by atoms with van der Waals surface area (Å²) in [6.07, 6.45) is 2.90. The summed E-state index contributed by atoms with van der Waals surface area (Å²) in [5.74, 6) is -0.243. The van der Waals surface area contributed by atoms with E-state index in [1.807, 2.05) is 0 Å². The lowest BCUT2D eigenvalue weighted by molar-refractivity contribution is -0.147. The summed E-state index contributed by atoms with van der Waals surface area (Å²) in [7, 11) is 1.39. The van der Waals surface area contributed by atoms with Gasteiger partial charge in [-0.15, -0.1) is 0 Å². The Hall–Kier alpha value is -0.570. The lowest BCUT2D eigenvalue weighted by atomic mass is 9.87. The van der Waals surface area contributed by atoms with E-state index in [0.29, 0.717) is 6.42 Å². The summed E-state index contributed by atoms with van der Waals surface area (Å²) in [4.78, 5) is 11.0. The van der Waals surface area contributed by atoms with Crippen molar-refractivity contribution >= 4 is 5.97 Å². The summed E-state index contributed by atoms with van der Waals surface area (Å²) in [6, 6.07) is 0. The normalized spacial score (nSPS) is 31.5. The fraction of sp³-hybridized carbons (Fsp3) is 0.875. The van der Waals surface area contributed by atoms with Crippen LogP contribution in [0.25, 0.3) is 0 Å². The molecule has 3 heteroatoms. The van der Waals surface area contributed by atoms with Crippen LogP contribution in [0.3, 0.4) is 0 Å². The van der Waals surface area contributed by atoms with E-state index in [0.717, 1.165) is 19.3 Å². The molecule has 0 saturated heterocycles. The molecule has 1 fully saturated rings. The van der Waals surface area contributed by atoms with E-state index in [4.69, 9.17) is 0 Å². The molecule has 0 unspecified atom stereocenters. The third-order valence-electron chi connectivity index (χ3n) is 2.18. The third kappa shape index (κ3) is 2.19. The molecule has 0 radical (unpaired) electrons. The molecule has 1 N–H and O–H groups in total. The Labute approximate surface area is 66.4 Å².